The summed E-state index contributed by atoms with van der Waals surface area (Å²) in [6, 6.07) is 13.8. The number of rotatable bonds is 3. The van der Waals surface area contributed by atoms with E-state index < -0.39 is 0 Å². The van der Waals surface area contributed by atoms with Gasteiger partial charge in [0.15, 0.2) is 0 Å². The number of benzene rings is 2. The first-order valence-electron chi connectivity index (χ1n) is 7.62. The first kappa shape index (κ1) is 17.2. The second kappa shape index (κ2) is 7.38. The van der Waals surface area contributed by atoms with Gasteiger partial charge in [-0.25, -0.2) is 0 Å². The molecule has 0 aromatic heterocycles. The lowest BCUT2D eigenvalue weighted by Gasteiger charge is -2.31. The minimum Gasteiger partial charge on any atom is -0.398 e. The quantitative estimate of drug-likeness (QED) is 0.848. The highest BCUT2D eigenvalue weighted by Crippen LogP contribution is 2.30. The molecule has 0 spiro atoms. The number of aryl methyl sites for hydroxylation is 1. The van der Waals surface area contributed by atoms with Crippen LogP contribution in [0.2, 0.25) is 0 Å². The standard InChI is InChI=1S/C18H21N3O.ClH/c1-13-7-9-14(10-8-13)20-18(22)12-21-11-3-4-15-16(19)5-2-6-17(15)21;/h2,5-10H,3-4,11-12,19H2,1H3,(H,20,22);1H. The SMILES string of the molecule is Cc1ccc(NC(=O)CN2CCCc3c(N)cccc32)cc1.Cl. The van der Waals surface area contributed by atoms with Gasteiger partial charge in [0.1, 0.15) is 0 Å². The van der Waals surface area contributed by atoms with Crippen molar-refractivity contribution in [3.05, 3.63) is 53.6 Å². The topological polar surface area (TPSA) is 58.4 Å². The van der Waals surface area contributed by atoms with Crippen LogP contribution >= 0.6 is 12.4 Å². The van der Waals surface area contributed by atoms with E-state index in [2.05, 4.69) is 10.2 Å². The van der Waals surface area contributed by atoms with Gasteiger partial charge in [-0.05, 0) is 49.6 Å². The van der Waals surface area contributed by atoms with Crippen molar-refractivity contribution in [2.24, 2.45) is 0 Å². The molecule has 0 fully saturated rings. The zero-order chi connectivity index (χ0) is 15.5. The van der Waals surface area contributed by atoms with Gasteiger partial charge >= 0.3 is 0 Å². The van der Waals surface area contributed by atoms with Crippen molar-refractivity contribution < 1.29 is 4.79 Å². The Balaban J connectivity index is 0.00000192. The molecule has 1 amide bonds. The Hall–Kier alpha value is -2.20. The third-order valence-electron chi connectivity index (χ3n) is 4.05. The Kier molecular flexibility index (Phi) is 5.50. The number of carbonyl (C=O) groups is 1. The number of anilines is 3. The minimum atomic E-state index is -0.000808. The summed E-state index contributed by atoms with van der Waals surface area (Å²) in [5, 5.41) is 2.95. The van der Waals surface area contributed by atoms with Crippen molar-refractivity contribution in [1.29, 1.82) is 0 Å². The fourth-order valence-corrected chi connectivity index (χ4v) is 2.90. The van der Waals surface area contributed by atoms with E-state index >= 15 is 0 Å². The number of carbonyl (C=O) groups excluding carboxylic acids is 1. The average molecular weight is 332 g/mol. The van der Waals surface area contributed by atoms with Gasteiger partial charge in [-0.3, -0.25) is 4.79 Å². The summed E-state index contributed by atoms with van der Waals surface area (Å²) in [5.41, 5.74) is 11.1. The Morgan fingerprint density at radius 2 is 1.96 bits per heavy atom. The summed E-state index contributed by atoms with van der Waals surface area (Å²) >= 11 is 0. The fraction of sp³-hybridized carbons (Fsp3) is 0.278. The van der Waals surface area contributed by atoms with Crippen LogP contribution < -0.4 is 16.0 Å². The maximum atomic E-state index is 12.3. The van der Waals surface area contributed by atoms with Gasteiger partial charge in [-0.2, -0.15) is 0 Å². The number of nitrogens with two attached hydrogens (primary N) is 1. The lowest BCUT2D eigenvalue weighted by Crippen LogP contribution is -2.37. The van der Waals surface area contributed by atoms with Gasteiger partial charge in [-0.1, -0.05) is 23.8 Å². The Bertz CT molecular complexity index is 685. The number of nitrogens with zero attached hydrogens (tertiary/aromatic N) is 1. The van der Waals surface area contributed by atoms with Crippen LogP contribution in [0, 0.1) is 6.92 Å². The van der Waals surface area contributed by atoms with Crippen LogP contribution in [0.3, 0.4) is 0 Å². The number of nitrogen functional groups attached to an aromatic ring is 1. The summed E-state index contributed by atoms with van der Waals surface area (Å²) in [5.74, 6) is -0.000808. The first-order valence-corrected chi connectivity index (χ1v) is 7.62. The Morgan fingerprint density at radius 1 is 1.22 bits per heavy atom. The van der Waals surface area contributed by atoms with E-state index in [0.29, 0.717) is 6.54 Å². The lowest BCUT2D eigenvalue weighted by molar-refractivity contribution is -0.115. The molecule has 1 aliphatic rings. The molecule has 1 heterocycles. The van der Waals surface area contributed by atoms with E-state index in [1.807, 2.05) is 49.4 Å². The van der Waals surface area contributed by atoms with E-state index in [9.17, 15) is 4.79 Å². The number of fused-ring (bicyclic) bond motifs is 1. The van der Waals surface area contributed by atoms with Crippen molar-refractivity contribution in [1.82, 2.24) is 0 Å². The van der Waals surface area contributed by atoms with Crippen LogP contribution in [0.4, 0.5) is 17.1 Å². The molecule has 0 radical (unpaired) electrons. The van der Waals surface area contributed by atoms with Crippen LogP contribution in [0.15, 0.2) is 42.5 Å². The molecule has 0 saturated heterocycles. The Labute approximate surface area is 143 Å². The molecule has 122 valence electrons. The predicted molar refractivity (Wildman–Crippen MR) is 98.4 cm³/mol. The summed E-state index contributed by atoms with van der Waals surface area (Å²) in [7, 11) is 0. The second-order valence-corrected chi connectivity index (χ2v) is 5.78. The van der Waals surface area contributed by atoms with Gasteiger partial charge in [-0.15, -0.1) is 12.4 Å². The number of hydrogen-bond donors (Lipinski definition) is 2. The highest BCUT2D eigenvalue weighted by atomic mass is 35.5. The molecule has 0 atom stereocenters. The van der Waals surface area contributed by atoms with Crippen LogP contribution in [0.1, 0.15) is 17.5 Å². The molecule has 4 nitrogen and oxygen atoms in total. The molecule has 0 aliphatic carbocycles. The normalized spacial score (nSPS) is 13.0. The van der Waals surface area contributed by atoms with Crippen molar-refractivity contribution in [2.75, 3.05) is 29.0 Å². The smallest absolute Gasteiger partial charge is 0.243 e. The summed E-state index contributed by atoms with van der Waals surface area (Å²) < 4.78 is 0. The second-order valence-electron chi connectivity index (χ2n) is 5.78. The largest absolute Gasteiger partial charge is 0.398 e. The number of halogens is 1. The lowest BCUT2D eigenvalue weighted by atomic mass is 10.00. The average Bonchev–Trinajstić information content (AvgIpc) is 2.51. The van der Waals surface area contributed by atoms with E-state index in [0.717, 1.165) is 42.0 Å². The molecule has 3 N–H and O–H groups in total. The fourth-order valence-electron chi connectivity index (χ4n) is 2.90. The molecule has 0 saturated carbocycles. The molecule has 5 heteroatoms. The highest BCUT2D eigenvalue weighted by Gasteiger charge is 2.20. The molecule has 0 unspecified atom stereocenters. The van der Waals surface area contributed by atoms with Crippen molar-refractivity contribution in [2.45, 2.75) is 19.8 Å². The number of hydrogen-bond acceptors (Lipinski definition) is 3. The summed E-state index contributed by atoms with van der Waals surface area (Å²) in [4.78, 5) is 14.4. The van der Waals surface area contributed by atoms with E-state index in [1.54, 1.807) is 0 Å². The third kappa shape index (κ3) is 3.96. The van der Waals surface area contributed by atoms with E-state index in [1.165, 1.54) is 5.56 Å². The van der Waals surface area contributed by atoms with Crippen molar-refractivity contribution in [3.8, 4) is 0 Å². The van der Waals surface area contributed by atoms with Crippen LogP contribution in [0.5, 0.6) is 0 Å². The van der Waals surface area contributed by atoms with Gasteiger partial charge in [0.25, 0.3) is 0 Å². The Morgan fingerprint density at radius 3 is 2.70 bits per heavy atom. The van der Waals surface area contributed by atoms with Gasteiger partial charge in [0, 0.05) is 23.6 Å². The number of amides is 1. The molecule has 23 heavy (non-hydrogen) atoms. The monoisotopic (exact) mass is 331 g/mol. The molecule has 3 rings (SSSR count). The van der Waals surface area contributed by atoms with Crippen molar-refractivity contribution >= 4 is 35.4 Å². The van der Waals surface area contributed by atoms with E-state index in [-0.39, 0.29) is 18.3 Å². The minimum absolute atomic E-state index is 0. The maximum Gasteiger partial charge on any atom is 0.243 e. The molecule has 2 aromatic rings. The zero-order valence-corrected chi connectivity index (χ0v) is 14.0. The highest BCUT2D eigenvalue weighted by molar-refractivity contribution is 5.94. The van der Waals surface area contributed by atoms with Gasteiger partial charge in [0.05, 0.1) is 6.54 Å². The number of nitrogens with one attached hydrogen (secondary N) is 1. The van der Waals surface area contributed by atoms with Gasteiger partial charge in [0.2, 0.25) is 5.91 Å². The predicted octanol–water partition coefficient (Wildman–Crippen LogP) is 3.39. The zero-order valence-electron chi connectivity index (χ0n) is 13.2. The molecular formula is C18H22ClN3O. The van der Waals surface area contributed by atoms with Crippen LogP contribution in [-0.2, 0) is 11.2 Å². The maximum absolute atomic E-state index is 12.3. The van der Waals surface area contributed by atoms with Crippen molar-refractivity contribution in [3.63, 3.8) is 0 Å². The molecule has 0 bridgehead atoms. The van der Waals surface area contributed by atoms with Gasteiger partial charge < -0.3 is 16.0 Å². The summed E-state index contributed by atoms with van der Waals surface area (Å²) in [6.07, 6.45) is 2.01. The van der Waals surface area contributed by atoms with Crippen LogP contribution in [-0.4, -0.2) is 19.0 Å². The van der Waals surface area contributed by atoms with Crippen LogP contribution in [0.25, 0.3) is 0 Å². The molecule has 1 aliphatic heterocycles. The third-order valence-corrected chi connectivity index (χ3v) is 4.05. The molecule has 2 aromatic carbocycles. The molecular weight excluding hydrogens is 310 g/mol. The van der Waals surface area contributed by atoms with E-state index in [4.69, 9.17) is 5.73 Å². The first-order chi connectivity index (χ1) is 10.6. The summed E-state index contributed by atoms with van der Waals surface area (Å²) in [6.45, 7) is 3.27.